The minimum Gasteiger partial charge on any atom is -0.312 e. The third-order valence-electron chi connectivity index (χ3n) is 5.05. The fourth-order valence-corrected chi connectivity index (χ4v) is 4.94. The van der Waals surface area contributed by atoms with Crippen LogP contribution in [0.4, 0.5) is 4.39 Å². The Morgan fingerprint density at radius 3 is 2.79 bits per heavy atom. The van der Waals surface area contributed by atoms with Crippen LogP contribution in [-0.4, -0.2) is 58.4 Å². The molecule has 0 saturated carbocycles. The van der Waals surface area contributed by atoms with Crippen LogP contribution in [0.25, 0.3) is 0 Å². The van der Waals surface area contributed by atoms with Crippen molar-refractivity contribution in [2.75, 3.05) is 19.6 Å². The van der Waals surface area contributed by atoms with Gasteiger partial charge in [-0.15, -0.1) is 5.10 Å². The van der Waals surface area contributed by atoms with E-state index in [4.69, 9.17) is 0 Å². The Kier molecular flexibility index (Phi) is 6.73. The number of sulfonamides is 1. The Balaban J connectivity index is 1.79. The van der Waals surface area contributed by atoms with Crippen molar-refractivity contribution in [1.82, 2.24) is 29.6 Å². The molecule has 1 aliphatic heterocycles. The lowest BCUT2D eigenvalue weighted by molar-refractivity contribution is 0.448. The van der Waals surface area contributed by atoms with Gasteiger partial charge in [-0.05, 0) is 25.1 Å². The van der Waals surface area contributed by atoms with E-state index in [9.17, 15) is 12.8 Å². The quantitative estimate of drug-likeness (QED) is 0.632. The SMILES string of the molecule is CCCCCCNC1CN(S(=O)(=O)c2cn(C)nn2)CC1c1ncccc1F. The van der Waals surface area contributed by atoms with Gasteiger partial charge >= 0.3 is 0 Å². The molecule has 1 aliphatic rings. The van der Waals surface area contributed by atoms with Crippen LogP contribution < -0.4 is 5.32 Å². The molecule has 8 nitrogen and oxygen atoms in total. The fraction of sp³-hybridized carbons (Fsp3) is 0.611. The number of nitrogens with one attached hydrogen (secondary N) is 1. The highest BCUT2D eigenvalue weighted by Gasteiger charge is 2.42. The molecule has 0 aromatic carbocycles. The van der Waals surface area contributed by atoms with Crippen LogP contribution in [0, 0.1) is 5.82 Å². The third-order valence-corrected chi connectivity index (χ3v) is 6.74. The molecule has 1 N–H and O–H groups in total. The highest BCUT2D eigenvalue weighted by Crippen LogP contribution is 2.31. The molecule has 0 radical (unpaired) electrons. The molecule has 28 heavy (non-hydrogen) atoms. The van der Waals surface area contributed by atoms with Gasteiger partial charge in [0.1, 0.15) is 5.82 Å². The van der Waals surface area contributed by atoms with Crippen molar-refractivity contribution < 1.29 is 12.8 Å². The number of unbranched alkanes of at least 4 members (excludes halogenated alkanes) is 3. The van der Waals surface area contributed by atoms with Gasteiger partial charge in [0, 0.05) is 38.3 Å². The monoisotopic (exact) mass is 410 g/mol. The van der Waals surface area contributed by atoms with Crippen molar-refractivity contribution in [3.05, 3.63) is 36.0 Å². The number of pyridine rings is 1. The summed E-state index contributed by atoms with van der Waals surface area (Å²) in [5.41, 5.74) is 0.297. The predicted molar refractivity (Wildman–Crippen MR) is 103 cm³/mol. The number of rotatable bonds is 9. The van der Waals surface area contributed by atoms with E-state index in [2.05, 4.69) is 27.5 Å². The first-order valence-electron chi connectivity index (χ1n) is 9.63. The van der Waals surface area contributed by atoms with E-state index in [1.165, 1.54) is 33.5 Å². The van der Waals surface area contributed by atoms with Crippen LogP contribution in [-0.2, 0) is 17.1 Å². The predicted octanol–water partition coefficient (Wildman–Crippen LogP) is 1.68. The highest BCUT2D eigenvalue weighted by molar-refractivity contribution is 7.89. The average molecular weight is 411 g/mol. The van der Waals surface area contributed by atoms with Crippen LogP contribution in [0.2, 0.25) is 0 Å². The lowest BCUT2D eigenvalue weighted by Crippen LogP contribution is -2.37. The Morgan fingerprint density at radius 1 is 1.29 bits per heavy atom. The van der Waals surface area contributed by atoms with E-state index in [1.54, 1.807) is 7.05 Å². The minimum absolute atomic E-state index is 0.0983. The number of nitrogens with zero attached hydrogens (tertiary/aromatic N) is 5. The summed E-state index contributed by atoms with van der Waals surface area (Å²) in [4.78, 5) is 4.19. The largest absolute Gasteiger partial charge is 0.312 e. The maximum Gasteiger partial charge on any atom is 0.264 e. The van der Waals surface area contributed by atoms with E-state index in [0.29, 0.717) is 5.69 Å². The van der Waals surface area contributed by atoms with Gasteiger partial charge in [-0.1, -0.05) is 31.4 Å². The van der Waals surface area contributed by atoms with Crippen LogP contribution in [0.3, 0.4) is 0 Å². The molecular formula is C18H27FN6O2S. The molecule has 2 atom stereocenters. The minimum atomic E-state index is -3.80. The summed E-state index contributed by atoms with van der Waals surface area (Å²) >= 11 is 0. The van der Waals surface area contributed by atoms with Gasteiger partial charge in [-0.2, -0.15) is 4.31 Å². The van der Waals surface area contributed by atoms with Crippen LogP contribution in [0.5, 0.6) is 0 Å². The molecule has 3 heterocycles. The molecule has 2 unspecified atom stereocenters. The van der Waals surface area contributed by atoms with Gasteiger partial charge < -0.3 is 5.32 Å². The van der Waals surface area contributed by atoms with E-state index in [1.807, 2.05) is 0 Å². The zero-order valence-electron chi connectivity index (χ0n) is 16.3. The summed E-state index contributed by atoms with van der Waals surface area (Å²) in [5.74, 6) is -0.775. The smallest absolute Gasteiger partial charge is 0.264 e. The standard InChI is InChI=1S/C18H27FN6O2S/c1-3-4-5-6-9-20-16-12-25(28(26,27)17-13-24(2)23-22-17)11-14(16)18-15(19)8-7-10-21-18/h7-8,10,13-14,16,20H,3-6,9,11-12H2,1-2H3. The van der Waals surface area contributed by atoms with Crippen LogP contribution in [0.15, 0.2) is 29.6 Å². The Labute approximate surface area is 165 Å². The van der Waals surface area contributed by atoms with Crippen LogP contribution in [0.1, 0.15) is 44.2 Å². The third kappa shape index (κ3) is 4.56. The molecule has 10 heteroatoms. The van der Waals surface area contributed by atoms with Gasteiger partial charge in [0.15, 0.2) is 0 Å². The van der Waals surface area contributed by atoms with Crippen molar-refractivity contribution in [3.63, 3.8) is 0 Å². The molecule has 2 aromatic heterocycles. The van der Waals surface area contributed by atoms with E-state index in [0.717, 1.165) is 32.2 Å². The fourth-order valence-electron chi connectivity index (χ4n) is 3.53. The summed E-state index contributed by atoms with van der Waals surface area (Å²) in [5, 5.41) is 10.8. The van der Waals surface area contributed by atoms with Gasteiger partial charge in [0.05, 0.1) is 11.9 Å². The first-order chi connectivity index (χ1) is 13.4. The Morgan fingerprint density at radius 2 is 2.11 bits per heavy atom. The normalized spacial score (nSPS) is 20.7. The van der Waals surface area contributed by atoms with Crippen molar-refractivity contribution in [2.45, 2.75) is 49.6 Å². The maximum absolute atomic E-state index is 14.4. The summed E-state index contributed by atoms with van der Waals surface area (Å²) in [6, 6.07) is 2.69. The molecule has 1 saturated heterocycles. The van der Waals surface area contributed by atoms with Gasteiger partial charge in [0.2, 0.25) is 5.03 Å². The molecule has 0 amide bonds. The highest BCUT2D eigenvalue weighted by atomic mass is 32.2. The first-order valence-corrected chi connectivity index (χ1v) is 11.1. The number of hydrogen-bond acceptors (Lipinski definition) is 6. The number of halogens is 1. The van der Waals surface area contributed by atoms with Crippen molar-refractivity contribution in [1.29, 1.82) is 0 Å². The molecule has 3 rings (SSSR count). The summed E-state index contributed by atoms with van der Waals surface area (Å²) in [7, 11) is -2.18. The molecule has 154 valence electrons. The second kappa shape index (κ2) is 9.06. The lowest BCUT2D eigenvalue weighted by atomic mass is 9.98. The summed E-state index contributed by atoms with van der Waals surface area (Å²) < 4.78 is 42.9. The summed E-state index contributed by atoms with van der Waals surface area (Å²) in [6.45, 7) is 3.31. The molecule has 0 aliphatic carbocycles. The zero-order chi connectivity index (χ0) is 20.1. The topological polar surface area (TPSA) is 93.0 Å². The molecule has 1 fully saturated rings. The Bertz CT molecular complexity index is 888. The zero-order valence-corrected chi connectivity index (χ0v) is 17.1. The summed E-state index contributed by atoms with van der Waals surface area (Å²) in [6.07, 6.45) is 7.33. The Hall–Kier alpha value is -1.91. The second-order valence-corrected chi connectivity index (χ2v) is 9.04. The van der Waals surface area contributed by atoms with Crippen LogP contribution >= 0.6 is 0 Å². The number of hydrogen-bond donors (Lipinski definition) is 1. The number of aryl methyl sites for hydroxylation is 1. The van der Waals surface area contributed by atoms with Crippen molar-refractivity contribution in [3.8, 4) is 0 Å². The van der Waals surface area contributed by atoms with Gasteiger partial charge in [-0.25, -0.2) is 12.8 Å². The number of aromatic nitrogens is 4. The van der Waals surface area contributed by atoms with E-state index in [-0.39, 0.29) is 30.1 Å². The van der Waals surface area contributed by atoms with Gasteiger partial charge in [-0.3, -0.25) is 9.67 Å². The van der Waals surface area contributed by atoms with E-state index >= 15 is 0 Å². The maximum atomic E-state index is 14.4. The van der Waals surface area contributed by atoms with Crippen molar-refractivity contribution >= 4 is 10.0 Å². The van der Waals surface area contributed by atoms with Gasteiger partial charge in [0.25, 0.3) is 10.0 Å². The average Bonchev–Trinajstić information content (AvgIpc) is 3.29. The molecule has 0 spiro atoms. The molecule has 2 aromatic rings. The lowest BCUT2D eigenvalue weighted by Gasteiger charge is -2.19. The van der Waals surface area contributed by atoms with Crippen molar-refractivity contribution in [2.24, 2.45) is 7.05 Å². The molecular weight excluding hydrogens is 383 g/mol. The molecule has 0 bridgehead atoms. The van der Waals surface area contributed by atoms with E-state index < -0.39 is 15.8 Å². The first kappa shape index (κ1) is 20.8. The second-order valence-electron chi connectivity index (χ2n) is 7.15.